The molecule has 2 fully saturated rings. The first-order valence-electron chi connectivity index (χ1n) is 9.19. The molecule has 128 valence electrons. The molecule has 0 aliphatic carbocycles. The molecule has 0 atom stereocenters. The maximum absolute atomic E-state index is 10.9. The highest BCUT2D eigenvalue weighted by Gasteiger charge is 2.35. The third kappa shape index (κ3) is 3.13. The van der Waals surface area contributed by atoms with Gasteiger partial charge in [-0.1, -0.05) is 18.2 Å². The Labute approximate surface area is 144 Å². The van der Waals surface area contributed by atoms with E-state index in [1.165, 1.54) is 23.8 Å². The molecule has 0 saturated carbocycles. The second kappa shape index (κ2) is 6.34. The average Bonchev–Trinajstić information content (AvgIpc) is 3.08. The topological polar surface area (TPSA) is 39.6 Å². The van der Waals surface area contributed by atoms with E-state index in [1.54, 1.807) is 0 Å². The number of anilines is 1. The quantitative estimate of drug-likeness (QED) is 0.942. The Hall–Kier alpha value is -1.65. The van der Waals surface area contributed by atoms with Gasteiger partial charge in [-0.3, -0.25) is 0 Å². The molecule has 0 bridgehead atoms. The molecule has 2 aliphatic rings. The second-order valence-corrected chi connectivity index (χ2v) is 7.51. The number of β-amino-alcohol motifs (C(OH)–C–C–N with tert-alkyl or cyclic N) is 1. The molecule has 0 radical (unpaired) electrons. The molecular weight excluding hydrogens is 298 g/mol. The van der Waals surface area contributed by atoms with E-state index < -0.39 is 5.60 Å². The number of hydrogen-bond donors (Lipinski definition) is 1. The SMILES string of the molecule is Cc1cc(N2CCC(O)(CN3CCCC3)CC2)nc2ccccc12. The van der Waals surface area contributed by atoms with Gasteiger partial charge in [-0.25, -0.2) is 4.98 Å². The Morgan fingerprint density at radius 3 is 2.54 bits per heavy atom. The van der Waals surface area contributed by atoms with E-state index in [2.05, 4.69) is 41.0 Å². The summed E-state index contributed by atoms with van der Waals surface area (Å²) in [5, 5.41) is 12.2. The first kappa shape index (κ1) is 15.9. The van der Waals surface area contributed by atoms with Crippen LogP contribution in [0.3, 0.4) is 0 Å². The van der Waals surface area contributed by atoms with Crippen molar-refractivity contribution in [3.8, 4) is 0 Å². The van der Waals surface area contributed by atoms with Crippen LogP contribution in [0.15, 0.2) is 30.3 Å². The molecule has 2 aliphatic heterocycles. The molecule has 4 heteroatoms. The minimum Gasteiger partial charge on any atom is -0.388 e. The fourth-order valence-corrected chi connectivity index (χ4v) is 4.16. The van der Waals surface area contributed by atoms with Gasteiger partial charge in [-0.15, -0.1) is 0 Å². The van der Waals surface area contributed by atoms with Crippen molar-refractivity contribution in [2.75, 3.05) is 37.6 Å². The molecule has 3 heterocycles. The van der Waals surface area contributed by atoms with Gasteiger partial charge < -0.3 is 14.9 Å². The summed E-state index contributed by atoms with van der Waals surface area (Å²) in [4.78, 5) is 9.60. The van der Waals surface area contributed by atoms with E-state index in [0.717, 1.165) is 56.9 Å². The molecule has 4 rings (SSSR count). The third-order valence-electron chi connectivity index (χ3n) is 5.64. The van der Waals surface area contributed by atoms with E-state index >= 15 is 0 Å². The lowest BCUT2D eigenvalue weighted by atomic mass is 9.90. The predicted molar refractivity (Wildman–Crippen MR) is 98.6 cm³/mol. The Kier molecular flexibility index (Phi) is 4.19. The zero-order valence-corrected chi connectivity index (χ0v) is 14.5. The van der Waals surface area contributed by atoms with Crippen molar-refractivity contribution in [1.82, 2.24) is 9.88 Å². The monoisotopic (exact) mass is 325 g/mol. The number of benzene rings is 1. The van der Waals surface area contributed by atoms with E-state index in [9.17, 15) is 5.11 Å². The van der Waals surface area contributed by atoms with E-state index in [1.807, 2.05) is 6.07 Å². The molecule has 0 spiro atoms. The van der Waals surface area contributed by atoms with Crippen molar-refractivity contribution >= 4 is 16.7 Å². The fraction of sp³-hybridized carbons (Fsp3) is 0.550. The zero-order chi connectivity index (χ0) is 16.6. The second-order valence-electron chi connectivity index (χ2n) is 7.51. The Bertz CT molecular complexity index is 716. The van der Waals surface area contributed by atoms with E-state index in [4.69, 9.17) is 4.98 Å². The smallest absolute Gasteiger partial charge is 0.129 e. The number of para-hydroxylation sites is 1. The molecule has 2 saturated heterocycles. The van der Waals surface area contributed by atoms with Crippen LogP contribution in [0.4, 0.5) is 5.82 Å². The molecule has 0 amide bonds. The Morgan fingerprint density at radius 2 is 1.79 bits per heavy atom. The van der Waals surface area contributed by atoms with Gasteiger partial charge in [0.2, 0.25) is 0 Å². The first-order chi connectivity index (χ1) is 11.6. The number of aromatic nitrogens is 1. The number of rotatable bonds is 3. The average molecular weight is 325 g/mol. The summed E-state index contributed by atoms with van der Waals surface area (Å²) in [5.74, 6) is 1.05. The Morgan fingerprint density at radius 1 is 1.08 bits per heavy atom. The summed E-state index contributed by atoms with van der Waals surface area (Å²) in [5.41, 5.74) is 1.81. The minimum absolute atomic E-state index is 0.521. The summed E-state index contributed by atoms with van der Waals surface area (Å²) in [6.45, 7) is 7.06. The summed E-state index contributed by atoms with van der Waals surface area (Å²) in [6, 6.07) is 10.5. The summed E-state index contributed by atoms with van der Waals surface area (Å²) >= 11 is 0. The summed E-state index contributed by atoms with van der Waals surface area (Å²) < 4.78 is 0. The highest BCUT2D eigenvalue weighted by atomic mass is 16.3. The third-order valence-corrected chi connectivity index (χ3v) is 5.64. The van der Waals surface area contributed by atoms with Crippen LogP contribution in [0.1, 0.15) is 31.2 Å². The summed E-state index contributed by atoms with van der Waals surface area (Å²) in [6.07, 6.45) is 4.22. The lowest BCUT2D eigenvalue weighted by molar-refractivity contribution is -0.0111. The van der Waals surface area contributed by atoms with Gasteiger partial charge in [0.25, 0.3) is 0 Å². The van der Waals surface area contributed by atoms with Crippen molar-refractivity contribution in [2.24, 2.45) is 0 Å². The number of pyridine rings is 1. The van der Waals surface area contributed by atoms with Crippen LogP contribution in [-0.2, 0) is 0 Å². The van der Waals surface area contributed by atoms with Gasteiger partial charge in [0.05, 0.1) is 11.1 Å². The van der Waals surface area contributed by atoms with Crippen molar-refractivity contribution in [3.63, 3.8) is 0 Å². The number of aryl methyl sites for hydroxylation is 1. The normalized spacial score (nSPS) is 21.5. The van der Waals surface area contributed by atoms with Crippen LogP contribution in [0.25, 0.3) is 10.9 Å². The first-order valence-corrected chi connectivity index (χ1v) is 9.19. The van der Waals surface area contributed by atoms with Crippen LogP contribution >= 0.6 is 0 Å². The molecule has 1 aromatic heterocycles. The number of nitrogens with zero attached hydrogens (tertiary/aromatic N) is 3. The molecule has 24 heavy (non-hydrogen) atoms. The molecular formula is C20H27N3O. The van der Waals surface area contributed by atoms with Gasteiger partial charge >= 0.3 is 0 Å². The maximum Gasteiger partial charge on any atom is 0.129 e. The molecule has 0 unspecified atom stereocenters. The van der Waals surface area contributed by atoms with Crippen LogP contribution in [0, 0.1) is 6.92 Å². The fourth-order valence-electron chi connectivity index (χ4n) is 4.16. The van der Waals surface area contributed by atoms with E-state index in [0.29, 0.717) is 0 Å². The van der Waals surface area contributed by atoms with Crippen molar-refractivity contribution in [3.05, 3.63) is 35.9 Å². The van der Waals surface area contributed by atoms with Gasteiger partial charge in [-0.05, 0) is 63.4 Å². The number of piperidine rings is 1. The lowest BCUT2D eigenvalue weighted by Gasteiger charge is -2.40. The maximum atomic E-state index is 10.9. The van der Waals surface area contributed by atoms with Gasteiger partial charge in [0.1, 0.15) is 5.82 Å². The van der Waals surface area contributed by atoms with Crippen LogP contribution in [-0.4, -0.2) is 53.3 Å². The van der Waals surface area contributed by atoms with Gasteiger partial charge in [-0.2, -0.15) is 0 Å². The molecule has 4 nitrogen and oxygen atoms in total. The number of likely N-dealkylation sites (tertiary alicyclic amines) is 1. The number of hydrogen-bond acceptors (Lipinski definition) is 4. The summed E-state index contributed by atoms with van der Waals surface area (Å²) in [7, 11) is 0. The van der Waals surface area contributed by atoms with Crippen molar-refractivity contribution in [1.29, 1.82) is 0 Å². The molecule has 2 aromatic rings. The highest BCUT2D eigenvalue weighted by molar-refractivity contribution is 5.83. The van der Waals surface area contributed by atoms with Crippen molar-refractivity contribution in [2.45, 2.75) is 38.2 Å². The van der Waals surface area contributed by atoms with Crippen LogP contribution in [0.2, 0.25) is 0 Å². The van der Waals surface area contributed by atoms with Crippen molar-refractivity contribution < 1.29 is 5.11 Å². The minimum atomic E-state index is -0.521. The predicted octanol–water partition coefficient (Wildman–Crippen LogP) is 2.97. The number of fused-ring (bicyclic) bond motifs is 1. The zero-order valence-electron chi connectivity index (χ0n) is 14.5. The van der Waals surface area contributed by atoms with Gasteiger partial charge in [0.15, 0.2) is 0 Å². The van der Waals surface area contributed by atoms with Crippen LogP contribution in [0.5, 0.6) is 0 Å². The van der Waals surface area contributed by atoms with Crippen LogP contribution < -0.4 is 4.90 Å². The highest BCUT2D eigenvalue weighted by Crippen LogP contribution is 2.29. The van der Waals surface area contributed by atoms with Gasteiger partial charge in [0, 0.05) is 25.0 Å². The molecule has 1 aromatic carbocycles. The molecule has 1 N–H and O–H groups in total. The number of aliphatic hydroxyl groups is 1. The largest absolute Gasteiger partial charge is 0.388 e. The standard InChI is InChI=1S/C20H27N3O/c1-16-14-19(21-18-7-3-2-6-17(16)18)23-12-8-20(24,9-13-23)15-22-10-4-5-11-22/h2-3,6-7,14,24H,4-5,8-13,15H2,1H3. The van der Waals surface area contributed by atoms with E-state index in [-0.39, 0.29) is 0 Å². The lowest BCUT2D eigenvalue weighted by Crippen LogP contribution is -2.50. The Balaban J connectivity index is 1.47.